The van der Waals surface area contributed by atoms with Gasteiger partial charge in [-0.15, -0.1) is 0 Å². The zero-order valence-electron chi connectivity index (χ0n) is 17.2. The van der Waals surface area contributed by atoms with Gasteiger partial charge in [-0.1, -0.05) is 36.4 Å². The number of hydrogen-bond donors (Lipinski definition) is 0. The maximum atomic E-state index is 13.1. The van der Waals surface area contributed by atoms with Crippen molar-refractivity contribution < 1.29 is 19.1 Å². The number of Topliss-reactive ketones (excluding diaryl/α,β-unsaturated/α-hetero) is 1. The van der Waals surface area contributed by atoms with Gasteiger partial charge in [0.05, 0.1) is 18.8 Å². The number of hydrogen-bond acceptors (Lipinski definition) is 5. The Morgan fingerprint density at radius 1 is 0.968 bits per heavy atom. The zero-order valence-corrected chi connectivity index (χ0v) is 17.2. The van der Waals surface area contributed by atoms with E-state index in [1.807, 2.05) is 36.4 Å². The number of nitrogens with zero attached hydrogens (tertiary/aromatic N) is 2. The molecule has 1 saturated heterocycles. The van der Waals surface area contributed by atoms with Gasteiger partial charge in [0.25, 0.3) is 5.91 Å². The van der Waals surface area contributed by atoms with Gasteiger partial charge in [0, 0.05) is 37.5 Å². The fourth-order valence-electron chi connectivity index (χ4n) is 3.47. The van der Waals surface area contributed by atoms with Crippen LogP contribution in [-0.2, 0) is 17.8 Å². The lowest BCUT2D eigenvalue weighted by molar-refractivity contribution is 0.0303. The molecule has 0 N–H and O–H groups in total. The van der Waals surface area contributed by atoms with Crippen molar-refractivity contribution in [3.8, 4) is 5.75 Å². The summed E-state index contributed by atoms with van der Waals surface area (Å²) in [6, 6.07) is 18.5. The van der Waals surface area contributed by atoms with Crippen molar-refractivity contribution in [3.63, 3.8) is 0 Å². The molecule has 3 aromatic rings. The Hall–Kier alpha value is -3.51. The van der Waals surface area contributed by atoms with Crippen LogP contribution in [0.15, 0.2) is 73.1 Å². The molecule has 2 heterocycles. The van der Waals surface area contributed by atoms with Crippen LogP contribution in [0.25, 0.3) is 0 Å². The zero-order chi connectivity index (χ0) is 21.5. The summed E-state index contributed by atoms with van der Waals surface area (Å²) in [4.78, 5) is 31.9. The van der Waals surface area contributed by atoms with E-state index in [9.17, 15) is 9.59 Å². The molecule has 4 rings (SSSR count). The Morgan fingerprint density at radius 2 is 1.74 bits per heavy atom. The van der Waals surface area contributed by atoms with Crippen LogP contribution in [0.3, 0.4) is 0 Å². The van der Waals surface area contributed by atoms with Crippen molar-refractivity contribution in [2.24, 2.45) is 0 Å². The summed E-state index contributed by atoms with van der Waals surface area (Å²) in [5.74, 6) is 0.247. The normalized spacial score (nSPS) is 13.6. The molecule has 1 aromatic heterocycles. The molecule has 0 atom stereocenters. The number of amides is 1. The lowest BCUT2D eigenvalue weighted by Crippen LogP contribution is -2.40. The van der Waals surface area contributed by atoms with Crippen LogP contribution in [0.1, 0.15) is 31.8 Å². The van der Waals surface area contributed by atoms with Gasteiger partial charge in [0.15, 0.2) is 5.78 Å². The van der Waals surface area contributed by atoms with Crippen molar-refractivity contribution in [1.29, 1.82) is 0 Å². The fraction of sp³-hybridized carbons (Fsp3) is 0.240. The monoisotopic (exact) mass is 416 g/mol. The van der Waals surface area contributed by atoms with Crippen LogP contribution in [0.2, 0.25) is 0 Å². The summed E-state index contributed by atoms with van der Waals surface area (Å²) in [5.41, 5.74) is 2.69. The van der Waals surface area contributed by atoms with Crippen LogP contribution >= 0.6 is 0 Å². The average Bonchev–Trinajstić information content (AvgIpc) is 2.84. The van der Waals surface area contributed by atoms with E-state index < -0.39 is 0 Å². The molecule has 1 fully saturated rings. The predicted molar refractivity (Wildman–Crippen MR) is 116 cm³/mol. The lowest BCUT2D eigenvalue weighted by atomic mass is 10.0. The molecular formula is C25H24N2O4. The molecule has 0 unspecified atom stereocenters. The predicted octanol–water partition coefficient (Wildman–Crippen LogP) is 3.56. The topological polar surface area (TPSA) is 68.7 Å². The standard InChI is InChI=1S/C25H24N2O4/c28-23(15-20-7-4-10-26-17-20)22-16-21(25(29)27-11-13-30-14-12-27)8-9-24(22)31-18-19-5-2-1-3-6-19/h1-10,16-17H,11-15,18H2. The van der Waals surface area contributed by atoms with Gasteiger partial charge >= 0.3 is 0 Å². The number of carbonyl (C=O) groups is 2. The van der Waals surface area contributed by atoms with E-state index in [0.29, 0.717) is 49.8 Å². The highest BCUT2D eigenvalue weighted by Crippen LogP contribution is 2.24. The summed E-state index contributed by atoms with van der Waals surface area (Å²) < 4.78 is 11.3. The van der Waals surface area contributed by atoms with Crippen molar-refractivity contribution >= 4 is 11.7 Å². The summed E-state index contributed by atoms with van der Waals surface area (Å²) in [5, 5.41) is 0. The van der Waals surface area contributed by atoms with Crippen LogP contribution in [0.5, 0.6) is 5.75 Å². The Labute approximate surface area is 181 Å². The first-order valence-electron chi connectivity index (χ1n) is 10.3. The minimum Gasteiger partial charge on any atom is -0.488 e. The summed E-state index contributed by atoms with van der Waals surface area (Å²) in [7, 11) is 0. The highest BCUT2D eigenvalue weighted by atomic mass is 16.5. The number of benzene rings is 2. The molecule has 1 aliphatic heterocycles. The van der Waals surface area contributed by atoms with Gasteiger partial charge in [-0.2, -0.15) is 0 Å². The molecule has 1 amide bonds. The number of rotatable bonds is 7. The first-order chi connectivity index (χ1) is 15.2. The molecule has 0 aliphatic carbocycles. The number of ether oxygens (including phenoxy) is 2. The third-order valence-corrected chi connectivity index (χ3v) is 5.15. The second kappa shape index (κ2) is 10.00. The first-order valence-corrected chi connectivity index (χ1v) is 10.3. The smallest absolute Gasteiger partial charge is 0.254 e. The maximum Gasteiger partial charge on any atom is 0.254 e. The quantitative estimate of drug-likeness (QED) is 0.551. The van der Waals surface area contributed by atoms with Crippen molar-refractivity contribution in [1.82, 2.24) is 9.88 Å². The molecule has 6 heteroatoms. The van der Waals surface area contributed by atoms with Crippen molar-refractivity contribution in [3.05, 3.63) is 95.3 Å². The Kier molecular flexibility index (Phi) is 6.69. The van der Waals surface area contributed by atoms with E-state index in [1.54, 1.807) is 41.6 Å². The third kappa shape index (κ3) is 5.35. The molecule has 31 heavy (non-hydrogen) atoms. The van der Waals surface area contributed by atoms with Gasteiger partial charge in [-0.05, 0) is 35.4 Å². The van der Waals surface area contributed by atoms with Gasteiger partial charge < -0.3 is 14.4 Å². The Morgan fingerprint density at radius 3 is 2.48 bits per heavy atom. The Bertz CT molecular complexity index is 1030. The SMILES string of the molecule is O=C(Cc1cccnc1)c1cc(C(=O)N2CCOCC2)ccc1OCc1ccccc1. The number of carbonyl (C=O) groups excluding carboxylic acids is 2. The van der Waals surface area contributed by atoms with Crippen molar-refractivity contribution in [2.45, 2.75) is 13.0 Å². The number of morpholine rings is 1. The second-order valence-electron chi connectivity index (χ2n) is 7.35. The van der Waals surface area contributed by atoms with Crippen LogP contribution < -0.4 is 4.74 Å². The number of aromatic nitrogens is 1. The molecule has 6 nitrogen and oxygen atoms in total. The van der Waals surface area contributed by atoms with E-state index in [-0.39, 0.29) is 18.1 Å². The lowest BCUT2D eigenvalue weighted by Gasteiger charge is -2.27. The van der Waals surface area contributed by atoms with E-state index in [1.165, 1.54) is 0 Å². The molecule has 0 saturated carbocycles. The number of ketones is 1. The summed E-state index contributed by atoms with van der Waals surface area (Å²) in [6.07, 6.45) is 3.53. The minimum absolute atomic E-state index is 0.103. The largest absolute Gasteiger partial charge is 0.488 e. The molecule has 158 valence electrons. The fourth-order valence-corrected chi connectivity index (χ4v) is 3.47. The minimum atomic E-state index is -0.118. The van der Waals surface area contributed by atoms with E-state index in [4.69, 9.17) is 9.47 Å². The number of pyridine rings is 1. The molecule has 0 spiro atoms. The molecule has 0 radical (unpaired) electrons. The average molecular weight is 416 g/mol. The summed E-state index contributed by atoms with van der Waals surface area (Å²) in [6.45, 7) is 2.48. The van der Waals surface area contributed by atoms with Gasteiger partial charge in [-0.3, -0.25) is 14.6 Å². The summed E-state index contributed by atoms with van der Waals surface area (Å²) >= 11 is 0. The van der Waals surface area contributed by atoms with E-state index in [2.05, 4.69) is 4.98 Å². The van der Waals surface area contributed by atoms with Crippen LogP contribution in [-0.4, -0.2) is 47.9 Å². The van der Waals surface area contributed by atoms with Gasteiger partial charge in [-0.25, -0.2) is 0 Å². The molecular weight excluding hydrogens is 392 g/mol. The molecule has 0 bridgehead atoms. The highest BCUT2D eigenvalue weighted by Gasteiger charge is 2.22. The highest BCUT2D eigenvalue weighted by molar-refractivity contribution is 6.03. The maximum absolute atomic E-state index is 13.1. The van der Waals surface area contributed by atoms with E-state index in [0.717, 1.165) is 11.1 Å². The first kappa shape index (κ1) is 20.8. The van der Waals surface area contributed by atoms with Crippen LogP contribution in [0.4, 0.5) is 0 Å². The van der Waals surface area contributed by atoms with Gasteiger partial charge in [0.2, 0.25) is 0 Å². The Balaban J connectivity index is 1.59. The second-order valence-corrected chi connectivity index (χ2v) is 7.35. The molecule has 2 aromatic carbocycles. The van der Waals surface area contributed by atoms with Gasteiger partial charge in [0.1, 0.15) is 12.4 Å². The van der Waals surface area contributed by atoms with E-state index >= 15 is 0 Å². The molecule has 1 aliphatic rings. The van der Waals surface area contributed by atoms with Crippen molar-refractivity contribution in [2.75, 3.05) is 26.3 Å². The third-order valence-electron chi connectivity index (χ3n) is 5.15. The van der Waals surface area contributed by atoms with Crippen LogP contribution in [0, 0.1) is 0 Å².